The zero-order valence-electron chi connectivity index (χ0n) is 11.7. The summed E-state index contributed by atoms with van der Waals surface area (Å²) < 4.78 is 5.21. The lowest BCUT2D eigenvalue weighted by molar-refractivity contribution is 0.0469. The molecule has 110 valence electrons. The van der Waals surface area contributed by atoms with E-state index < -0.39 is 5.97 Å². The number of esters is 1. The van der Waals surface area contributed by atoms with Crippen molar-refractivity contribution in [3.8, 4) is 11.5 Å². The maximum Gasteiger partial charge on any atom is 0.342 e. The number of aromatic hydroxyl groups is 2. The monoisotopic (exact) mass is 294 g/mol. The molecule has 0 radical (unpaired) electrons. The molecule has 0 spiro atoms. The van der Waals surface area contributed by atoms with Gasteiger partial charge in [-0.2, -0.15) is 0 Å². The van der Waals surface area contributed by atoms with E-state index in [2.05, 4.69) is 0 Å². The first kappa shape index (κ1) is 13.9. The Kier molecular flexibility index (Phi) is 3.66. The summed E-state index contributed by atoms with van der Waals surface area (Å²) in [7, 11) is 0. The highest BCUT2D eigenvalue weighted by molar-refractivity contribution is 5.98. The highest BCUT2D eigenvalue weighted by Gasteiger charge is 2.14. The van der Waals surface area contributed by atoms with E-state index in [0.717, 1.165) is 10.9 Å². The molecule has 4 heteroatoms. The molecule has 0 aromatic heterocycles. The van der Waals surface area contributed by atoms with Crippen molar-refractivity contribution in [3.05, 3.63) is 71.8 Å². The van der Waals surface area contributed by atoms with Crippen molar-refractivity contribution in [2.75, 3.05) is 0 Å². The Morgan fingerprint density at radius 2 is 1.68 bits per heavy atom. The van der Waals surface area contributed by atoms with Crippen LogP contribution < -0.4 is 0 Å². The van der Waals surface area contributed by atoms with Crippen LogP contribution in [0.25, 0.3) is 10.8 Å². The van der Waals surface area contributed by atoms with Crippen LogP contribution >= 0.6 is 0 Å². The minimum atomic E-state index is -0.605. The van der Waals surface area contributed by atoms with Gasteiger partial charge in [-0.15, -0.1) is 0 Å². The van der Waals surface area contributed by atoms with Crippen molar-refractivity contribution >= 4 is 16.7 Å². The molecule has 0 amide bonds. The number of fused-ring (bicyclic) bond motifs is 1. The summed E-state index contributed by atoms with van der Waals surface area (Å²) in [6, 6.07) is 17.0. The third-order valence-electron chi connectivity index (χ3n) is 3.37. The van der Waals surface area contributed by atoms with E-state index in [9.17, 15) is 15.0 Å². The van der Waals surface area contributed by atoms with Crippen LogP contribution in [0.3, 0.4) is 0 Å². The Labute approximate surface area is 127 Å². The van der Waals surface area contributed by atoms with Crippen molar-refractivity contribution in [1.82, 2.24) is 0 Å². The standard InChI is InChI=1S/C18H14O4/c19-15-7-6-13-10-17(20)16(9-14(13)8-15)18(21)22-11-12-4-2-1-3-5-12/h1-10,19-20H,11H2. The Bertz CT molecular complexity index is 825. The number of rotatable bonds is 3. The lowest BCUT2D eigenvalue weighted by atomic mass is 10.1. The van der Waals surface area contributed by atoms with Crippen LogP contribution in [0.1, 0.15) is 15.9 Å². The van der Waals surface area contributed by atoms with E-state index in [4.69, 9.17) is 4.74 Å². The van der Waals surface area contributed by atoms with Gasteiger partial charge >= 0.3 is 5.97 Å². The molecule has 3 aromatic carbocycles. The van der Waals surface area contributed by atoms with Gasteiger partial charge in [-0.25, -0.2) is 4.79 Å². The number of benzene rings is 3. The SMILES string of the molecule is O=C(OCc1ccccc1)c1cc2cc(O)ccc2cc1O. The summed E-state index contributed by atoms with van der Waals surface area (Å²) in [5, 5.41) is 20.9. The lowest BCUT2D eigenvalue weighted by Gasteiger charge is -2.08. The Hall–Kier alpha value is -3.01. The predicted molar refractivity (Wildman–Crippen MR) is 82.8 cm³/mol. The summed E-state index contributed by atoms with van der Waals surface area (Å²) in [5.74, 6) is -0.648. The van der Waals surface area contributed by atoms with Crippen molar-refractivity contribution in [2.45, 2.75) is 6.61 Å². The van der Waals surface area contributed by atoms with E-state index in [-0.39, 0.29) is 23.7 Å². The van der Waals surface area contributed by atoms with Gasteiger partial charge < -0.3 is 14.9 Å². The van der Waals surface area contributed by atoms with Gasteiger partial charge in [0.15, 0.2) is 0 Å². The summed E-state index contributed by atoms with van der Waals surface area (Å²) in [6.07, 6.45) is 0. The van der Waals surface area contributed by atoms with E-state index in [1.807, 2.05) is 30.3 Å². The molecule has 0 aliphatic carbocycles. The lowest BCUT2D eigenvalue weighted by Crippen LogP contribution is -2.05. The fourth-order valence-electron chi connectivity index (χ4n) is 2.24. The number of hydrogen-bond donors (Lipinski definition) is 2. The number of ether oxygens (including phenoxy) is 1. The first-order valence-electron chi connectivity index (χ1n) is 6.80. The zero-order valence-corrected chi connectivity index (χ0v) is 11.7. The van der Waals surface area contributed by atoms with Gasteiger partial charge in [0.25, 0.3) is 0 Å². The van der Waals surface area contributed by atoms with E-state index in [1.165, 1.54) is 24.3 Å². The van der Waals surface area contributed by atoms with Gasteiger partial charge in [0, 0.05) is 0 Å². The summed E-state index contributed by atoms with van der Waals surface area (Å²) in [4.78, 5) is 12.1. The van der Waals surface area contributed by atoms with Crippen molar-refractivity contribution in [2.24, 2.45) is 0 Å². The van der Waals surface area contributed by atoms with Crippen molar-refractivity contribution < 1.29 is 19.7 Å². The first-order valence-corrected chi connectivity index (χ1v) is 6.80. The van der Waals surface area contributed by atoms with Crippen LogP contribution in [0.4, 0.5) is 0 Å². The minimum Gasteiger partial charge on any atom is -0.508 e. The molecule has 0 fully saturated rings. The normalized spacial score (nSPS) is 10.5. The Morgan fingerprint density at radius 1 is 0.909 bits per heavy atom. The topological polar surface area (TPSA) is 66.8 Å². The second kappa shape index (κ2) is 5.77. The van der Waals surface area contributed by atoms with Gasteiger partial charge in [-0.3, -0.25) is 0 Å². The average molecular weight is 294 g/mol. The number of carbonyl (C=O) groups excluding carboxylic acids is 1. The average Bonchev–Trinajstić information content (AvgIpc) is 2.53. The van der Waals surface area contributed by atoms with Crippen molar-refractivity contribution in [3.63, 3.8) is 0 Å². The maximum atomic E-state index is 12.1. The molecule has 0 saturated carbocycles. The second-order valence-electron chi connectivity index (χ2n) is 4.96. The molecule has 22 heavy (non-hydrogen) atoms. The third kappa shape index (κ3) is 2.86. The molecule has 0 atom stereocenters. The predicted octanol–water partition coefficient (Wildman–Crippen LogP) is 3.61. The summed E-state index contributed by atoms with van der Waals surface area (Å²) >= 11 is 0. The fraction of sp³-hybridized carbons (Fsp3) is 0.0556. The van der Waals surface area contributed by atoms with Crippen LogP contribution in [-0.4, -0.2) is 16.2 Å². The van der Waals surface area contributed by atoms with Gasteiger partial charge in [-0.05, 0) is 40.6 Å². The molecule has 0 bridgehead atoms. The molecule has 3 rings (SSSR count). The van der Waals surface area contributed by atoms with E-state index in [0.29, 0.717) is 5.39 Å². The second-order valence-corrected chi connectivity index (χ2v) is 4.96. The van der Waals surface area contributed by atoms with Crippen LogP contribution in [0, 0.1) is 0 Å². The highest BCUT2D eigenvalue weighted by Crippen LogP contribution is 2.28. The number of phenols is 2. The number of hydrogen-bond acceptors (Lipinski definition) is 4. The minimum absolute atomic E-state index is 0.0778. The molecule has 0 unspecified atom stereocenters. The van der Waals surface area contributed by atoms with Crippen LogP contribution in [-0.2, 0) is 11.3 Å². The molecule has 4 nitrogen and oxygen atoms in total. The third-order valence-corrected chi connectivity index (χ3v) is 3.37. The molecule has 0 aliphatic heterocycles. The molecular weight excluding hydrogens is 280 g/mol. The number of carbonyl (C=O) groups is 1. The Balaban J connectivity index is 1.85. The fourth-order valence-corrected chi connectivity index (χ4v) is 2.24. The largest absolute Gasteiger partial charge is 0.508 e. The molecule has 0 heterocycles. The molecule has 0 aliphatic rings. The number of phenolic OH excluding ortho intramolecular Hbond substituents is 2. The summed E-state index contributed by atoms with van der Waals surface area (Å²) in [5.41, 5.74) is 0.947. The van der Waals surface area contributed by atoms with Crippen LogP contribution in [0.5, 0.6) is 11.5 Å². The van der Waals surface area contributed by atoms with E-state index in [1.54, 1.807) is 6.07 Å². The maximum absolute atomic E-state index is 12.1. The van der Waals surface area contributed by atoms with Gasteiger partial charge in [0.1, 0.15) is 23.7 Å². The van der Waals surface area contributed by atoms with Crippen LogP contribution in [0.15, 0.2) is 60.7 Å². The molecule has 2 N–H and O–H groups in total. The first-order chi connectivity index (χ1) is 10.6. The van der Waals surface area contributed by atoms with Gasteiger partial charge in [0.05, 0.1) is 0 Å². The van der Waals surface area contributed by atoms with Crippen molar-refractivity contribution in [1.29, 1.82) is 0 Å². The Morgan fingerprint density at radius 3 is 2.45 bits per heavy atom. The molecule has 3 aromatic rings. The molecular formula is C18H14O4. The smallest absolute Gasteiger partial charge is 0.342 e. The summed E-state index contributed by atoms with van der Waals surface area (Å²) in [6.45, 7) is 0.136. The van der Waals surface area contributed by atoms with Gasteiger partial charge in [0.2, 0.25) is 0 Å². The molecule has 0 saturated heterocycles. The quantitative estimate of drug-likeness (QED) is 0.724. The zero-order chi connectivity index (χ0) is 15.5. The van der Waals surface area contributed by atoms with E-state index >= 15 is 0 Å². The van der Waals surface area contributed by atoms with Crippen LogP contribution in [0.2, 0.25) is 0 Å². The highest BCUT2D eigenvalue weighted by atomic mass is 16.5. The van der Waals surface area contributed by atoms with Gasteiger partial charge in [-0.1, -0.05) is 36.4 Å².